The summed E-state index contributed by atoms with van der Waals surface area (Å²) in [6.07, 6.45) is -1.16. The molecule has 3 aromatic rings. The lowest BCUT2D eigenvalue weighted by Gasteiger charge is -2.13. The third kappa shape index (κ3) is 2.24. The number of fused-ring (bicyclic) bond motifs is 1. The molecule has 1 aromatic carbocycles. The van der Waals surface area contributed by atoms with Gasteiger partial charge in [0.25, 0.3) is 0 Å². The Morgan fingerprint density at radius 2 is 1.83 bits per heavy atom. The summed E-state index contributed by atoms with van der Waals surface area (Å²) < 4.78 is 69.0. The Morgan fingerprint density at radius 3 is 2.50 bits per heavy atom. The van der Waals surface area contributed by atoms with E-state index in [0.717, 1.165) is 24.5 Å². The van der Waals surface area contributed by atoms with Crippen LogP contribution in [0, 0.1) is 11.6 Å². The molecule has 1 aliphatic carbocycles. The summed E-state index contributed by atoms with van der Waals surface area (Å²) in [4.78, 5) is 7.88. The molecule has 0 unspecified atom stereocenters. The minimum Gasteiger partial charge on any atom is -0.318 e. The molecule has 24 heavy (non-hydrogen) atoms. The molecule has 0 spiro atoms. The minimum absolute atomic E-state index is 0.0441. The number of benzene rings is 1. The summed E-state index contributed by atoms with van der Waals surface area (Å²) in [5, 5.41) is 0. The number of pyridine rings is 1. The molecule has 124 valence electrons. The zero-order chi connectivity index (χ0) is 17.1. The Kier molecular flexibility index (Phi) is 3.13. The van der Waals surface area contributed by atoms with Crippen LogP contribution in [0.2, 0.25) is 0 Å². The van der Waals surface area contributed by atoms with Crippen molar-refractivity contribution >= 4 is 11.0 Å². The Hall–Kier alpha value is -2.51. The lowest BCUT2D eigenvalue weighted by Crippen LogP contribution is -2.10. The van der Waals surface area contributed by atoms with E-state index in [2.05, 4.69) is 9.97 Å². The molecule has 1 saturated carbocycles. The van der Waals surface area contributed by atoms with Gasteiger partial charge in [0.1, 0.15) is 11.3 Å². The average molecular weight is 339 g/mol. The standard InChI is InChI=1S/C16H10F5N3/c17-11-3-4-12-14(13(11)18)24(8-1-2-8)15(23-12)9-7-22-6-5-10(9)16(19,20)21/h3-8H,1-2H2. The first-order valence-corrected chi connectivity index (χ1v) is 7.25. The van der Waals surface area contributed by atoms with Crippen molar-refractivity contribution < 1.29 is 22.0 Å². The molecule has 1 fully saturated rings. The monoisotopic (exact) mass is 339 g/mol. The zero-order valence-electron chi connectivity index (χ0n) is 12.1. The summed E-state index contributed by atoms with van der Waals surface area (Å²) in [5.41, 5.74) is -1.14. The second kappa shape index (κ2) is 4.99. The maximum absolute atomic E-state index is 14.2. The maximum Gasteiger partial charge on any atom is 0.417 e. The highest BCUT2D eigenvalue weighted by molar-refractivity contribution is 5.82. The Balaban J connectivity index is 2.06. The number of halogens is 5. The van der Waals surface area contributed by atoms with Crippen molar-refractivity contribution in [1.82, 2.24) is 14.5 Å². The molecule has 8 heteroatoms. The molecular formula is C16H10F5N3. The fourth-order valence-corrected chi connectivity index (χ4v) is 2.82. The predicted octanol–water partition coefficient (Wildman–Crippen LogP) is 4.73. The molecule has 3 nitrogen and oxygen atoms in total. The third-order valence-corrected chi connectivity index (χ3v) is 4.02. The van der Waals surface area contributed by atoms with E-state index in [4.69, 9.17) is 0 Å². The van der Waals surface area contributed by atoms with Crippen molar-refractivity contribution in [2.45, 2.75) is 25.1 Å². The van der Waals surface area contributed by atoms with Gasteiger partial charge in [-0.15, -0.1) is 0 Å². The predicted molar refractivity (Wildman–Crippen MR) is 76.2 cm³/mol. The molecule has 2 heterocycles. The van der Waals surface area contributed by atoms with Crippen LogP contribution in [-0.2, 0) is 6.18 Å². The van der Waals surface area contributed by atoms with Gasteiger partial charge in [0.15, 0.2) is 11.6 Å². The zero-order valence-corrected chi connectivity index (χ0v) is 12.1. The van der Waals surface area contributed by atoms with E-state index >= 15 is 0 Å². The highest BCUT2D eigenvalue weighted by atomic mass is 19.4. The van der Waals surface area contributed by atoms with E-state index in [0.29, 0.717) is 12.8 Å². The molecule has 0 N–H and O–H groups in total. The van der Waals surface area contributed by atoms with Crippen LogP contribution in [0.25, 0.3) is 22.4 Å². The second-order valence-electron chi connectivity index (χ2n) is 5.68. The summed E-state index contributed by atoms with van der Waals surface area (Å²) in [7, 11) is 0. The van der Waals surface area contributed by atoms with Crippen LogP contribution in [0.4, 0.5) is 22.0 Å². The van der Waals surface area contributed by atoms with Crippen molar-refractivity contribution in [3.8, 4) is 11.4 Å². The fourth-order valence-electron chi connectivity index (χ4n) is 2.82. The highest BCUT2D eigenvalue weighted by Gasteiger charge is 2.37. The molecule has 0 atom stereocenters. The van der Waals surface area contributed by atoms with Gasteiger partial charge in [-0.3, -0.25) is 4.98 Å². The van der Waals surface area contributed by atoms with E-state index in [1.54, 1.807) is 0 Å². The van der Waals surface area contributed by atoms with Crippen LogP contribution >= 0.6 is 0 Å². The first-order chi connectivity index (χ1) is 11.4. The van der Waals surface area contributed by atoms with Crippen molar-refractivity contribution in [3.63, 3.8) is 0 Å². The summed E-state index contributed by atoms with van der Waals surface area (Å²) in [5.74, 6) is -2.20. The molecule has 0 saturated heterocycles. The van der Waals surface area contributed by atoms with E-state index in [1.807, 2.05) is 0 Å². The topological polar surface area (TPSA) is 30.7 Å². The van der Waals surface area contributed by atoms with Gasteiger partial charge in [0, 0.05) is 24.0 Å². The Morgan fingerprint density at radius 1 is 1.08 bits per heavy atom. The van der Waals surface area contributed by atoms with Gasteiger partial charge in [-0.1, -0.05) is 0 Å². The number of nitrogens with zero attached hydrogens (tertiary/aromatic N) is 3. The molecule has 4 rings (SSSR count). The second-order valence-corrected chi connectivity index (χ2v) is 5.68. The van der Waals surface area contributed by atoms with E-state index in [1.165, 1.54) is 10.6 Å². The van der Waals surface area contributed by atoms with E-state index in [9.17, 15) is 22.0 Å². The van der Waals surface area contributed by atoms with Crippen molar-refractivity contribution in [3.05, 3.63) is 47.8 Å². The van der Waals surface area contributed by atoms with Crippen molar-refractivity contribution in [1.29, 1.82) is 0 Å². The lowest BCUT2D eigenvalue weighted by atomic mass is 10.1. The van der Waals surface area contributed by atoms with Gasteiger partial charge in [-0.25, -0.2) is 13.8 Å². The van der Waals surface area contributed by atoms with Crippen LogP contribution in [0.5, 0.6) is 0 Å². The lowest BCUT2D eigenvalue weighted by molar-refractivity contribution is -0.137. The molecular weight excluding hydrogens is 329 g/mol. The van der Waals surface area contributed by atoms with Gasteiger partial charge in [-0.2, -0.15) is 13.2 Å². The minimum atomic E-state index is -4.60. The summed E-state index contributed by atoms with van der Waals surface area (Å²) in [6.45, 7) is 0. The average Bonchev–Trinajstić information content (AvgIpc) is 3.30. The van der Waals surface area contributed by atoms with Crippen LogP contribution in [0.15, 0.2) is 30.6 Å². The van der Waals surface area contributed by atoms with Crippen molar-refractivity contribution in [2.24, 2.45) is 0 Å². The SMILES string of the molecule is Fc1ccc2nc(-c3cnccc3C(F)(F)F)n(C3CC3)c2c1F. The summed E-state index contributed by atoms with van der Waals surface area (Å²) in [6, 6.07) is 2.84. The van der Waals surface area contributed by atoms with Gasteiger partial charge in [-0.05, 0) is 31.0 Å². The highest BCUT2D eigenvalue weighted by Crippen LogP contribution is 2.44. The number of aromatic nitrogens is 3. The van der Waals surface area contributed by atoms with Gasteiger partial charge in [0.05, 0.1) is 11.1 Å². The van der Waals surface area contributed by atoms with E-state index < -0.39 is 23.4 Å². The number of hydrogen-bond donors (Lipinski definition) is 0. The molecule has 0 radical (unpaired) electrons. The Bertz CT molecular complexity index is 941. The van der Waals surface area contributed by atoms with Crippen LogP contribution < -0.4 is 0 Å². The first kappa shape index (κ1) is 15.0. The number of alkyl halides is 3. The smallest absolute Gasteiger partial charge is 0.318 e. The van der Waals surface area contributed by atoms with Gasteiger partial charge in [0.2, 0.25) is 0 Å². The van der Waals surface area contributed by atoms with E-state index in [-0.39, 0.29) is 28.5 Å². The number of rotatable bonds is 2. The molecule has 0 bridgehead atoms. The van der Waals surface area contributed by atoms with Crippen LogP contribution in [-0.4, -0.2) is 14.5 Å². The maximum atomic E-state index is 14.2. The molecule has 0 aliphatic heterocycles. The van der Waals surface area contributed by atoms with Gasteiger partial charge < -0.3 is 4.57 Å². The summed E-state index contributed by atoms with van der Waals surface area (Å²) >= 11 is 0. The quantitative estimate of drug-likeness (QED) is 0.632. The normalized spacial score (nSPS) is 15.2. The van der Waals surface area contributed by atoms with Gasteiger partial charge >= 0.3 is 6.18 Å². The number of imidazole rings is 1. The third-order valence-electron chi connectivity index (χ3n) is 4.02. The first-order valence-electron chi connectivity index (χ1n) is 7.25. The Labute approximate surface area is 132 Å². The molecule has 2 aromatic heterocycles. The molecule has 0 amide bonds. The molecule has 1 aliphatic rings. The van der Waals surface area contributed by atoms with Crippen molar-refractivity contribution in [2.75, 3.05) is 0 Å². The largest absolute Gasteiger partial charge is 0.417 e. The van der Waals surface area contributed by atoms with Crippen LogP contribution in [0.1, 0.15) is 24.4 Å². The van der Waals surface area contributed by atoms with Crippen LogP contribution in [0.3, 0.4) is 0 Å². The fraction of sp³-hybridized carbons (Fsp3) is 0.250. The number of hydrogen-bond acceptors (Lipinski definition) is 2.